The van der Waals surface area contributed by atoms with E-state index in [1.165, 1.54) is 11.9 Å². The summed E-state index contributed by atoms with van der Waals surface area (Å²) in [6.45, 7) is 1.82. The molecule has 0 saturated carbocycles. The maximum atomic E-state index is 13.0. The lowest BCUT2D eigenvalue weighted by Crippen LogP contribution is -2.35. The molecule has 152 valence electrons. The molecule has 2 amide bonds. The molecule has 0 aromatic heterocycles. The van der Waals surface area contributed by atoms with Gasteiger partial charge in [0.1, 0.15) is 0 Å². The van der Waals surface area contributed by atoms with Crippen LogP contribution in [0.1, 0.15) is 31.8 Å². The third-order valence-corrected chi connectivity index (χ3v) is 4.82. The van der Waals surface area contributed by atoms with Gasteiger partial charge in [-0.1, -0.05) is 47.5 Å². The number of carbonyl (C=O) groups is 3. The van der Waals surface area contributed by atoms with Crippen molar-refractivity contribution in [3.8, 4) is 0 Å². The van der Waals surface area contributed by atoms with Crippen LogP contribution in [-0.2, 0) is 4.79 Å². The molecule has 3 rings (SSSR count). The van der Waals surface area contributed by atoms with Crippen LogP contribution in [0.15, 0.2) is 72.8 Å². The predicted molar refractivity (Wildman–Crippen MR) is 118 cm³/mol. The molecule has 3 aromatic rings. The standard InChI is InChI=1S/C24H21ClN2O3/c1-16-7-13-19(14-8-16)26-22(28)15-27(2)24(30)21-6-4-3-5-20(21)23(29)17-9-11-18(25)12-10-17/h3-14H,15H2,1-2H3,(H,26,28). The minimum absolute atomic E-state index is 0.143. The summed E-state index contributed by atoms with van der Waals surface area (Å²) in [5.74, 6) is -1.02. The second-order valence-corrected chi connectivity index (χ2v) is 7.39. The van der Waals surface area contributed by atoms with E-state index >= 15 is 0 Å². The largest absolute Gasteiger partial charge is 0.332 e. The first-order chi connectivity index (χ1) is 14.3. The maximum absolute atomic E-state index is 13.0. The van der Waals surface area contributed by atoms with Crippen molar-refractivity contribution in [2.45, 2.75) is 6.92 Å². The van der Waals surface area contributed by atoms with Crippen molar-refractivity contribution in [2.75, 3.05) is 18.9 Å². The molecule has 0 unspecified atom stereocenters. The van der Waals surface area contributed by atoms with Crippen LogP contribution in [0.2, 0.25) is 5.02 Å². The number of rotatable bonds is 6. The molecular weight excluding hydrogens is 400 g/mol. The molecule has 0 aliphatic rings. The second kappa shape index (κ2) is 9.37. The Bertz CT molecular complexity index is 1080. The monoisotopic (exact) mass is 420 g/mol. The van der Waals surface area contributed by atoms with Crippen molar-refractivity contribution in [2.24, 2.45) is 0 Å². The Morgan fingerprint density at radius 1 is 0.867 bits per heavy atom. The Hall–Kier alpha value is -3.44. The first kappa shape index (κ1) is 21.3. The van der Waals surface area contributed by atoms with E-state index in [0.29, 0.717) is 16.3 Å². The fourth-order valence-corrected chi connectivity index (χ4v) is 3.08. The Kier molecular flexibility index (Phi) is 6.65. The number of nitrogens with one attached hydrogen (secondary N) is 1. The van der Waals surface area contributed by atoms with E-state index < -0.39 is 5.91 Å². The molecule has 0 saturated heterocycles. The van der Waals surface area contributed by atoms with E-state index in [2.05, 4.69) is 5.32 Å². The number of benzene rings is 3. The Morgan fingerprint density at radius 3 is 2.10 bits per heavy atom. The number of hydrogen-bond donors (Lipinski definition) is 1. The van der Waals surface area contributed by atoms with Gasteiger partial charge in [-0.05, 0) is 49.4 Å². The third-order valence-electron chi connectivity index (χ3n) is 4.57. The van der Waals surface area contributed by atoms with E-state index in [1.807, 2.05) is 19.1 Å². The molecule has 1 N–H and O–H groups in total. The summed E-state index contributed by atoms with van der Waals surface area (Å²) in [6, 6.07) is 20.4. The van der Waals surface area contributed by atoms with E-state index in [9.17, 15) is 14.4 Å². The van der Waals surface area contributed by atoms with Crippen LogP contribution >= 0.6 is 11.6 Å². The van der Waals surface area contributed by atoms with Gasteiger partial charge >= 0.3 is 0 Å². The van der Waals surface area contributed by atoms with Crippen LogP contribution in [-0.4, -0.2) is 36.1 Å². The number of nitrogens with zero attached hydrogens (tertiary/aromatic N) is 1. The zero-order chi connectivity index (χ0) is 21.7. The molecule has 0 atom stereocenters. The smallest absolute Gasteiger partial charge is 0.254 e. The highest BCUT2D eigenvalue weighted by Gasteiger charge is 2.22. The van der Waals surface area contributed by atoms with Crippen LogP contribution in [0.5, 0.6) is 0 Å². The van der Waals surface area contributed by atoms with Gasteiger partial charge in [0.15, 0.2) is 5.78 Å². The van der Waals surface area contributed by atoms with Crippen molar-refractivity contribution < 1.29 is 14.4 Å². The van der Waals surface area contributed by atoms with E-state index in [1.54, 1.807) is 60.7 Å². The Morgan fingerprint density at radius 2 is 1.47 bits per heavy atom. The van der Waals surface area contributed by atoms with Crippen molar-refractivity contribution in [1.82, 2.24) is 4.90 Å². The number of halogens is 1. The van der Waals surface area contributed by atoms with Gasteiger partial charge in [-0.2, -0.15) is 0 Å². The van der Waals surface area contributed by atoms with E-state index in [0.717, 1.165) is 5.56 Å². The Labute approximate surface area is 180 Å². The van der Waals surface area contributed by atoms with Gasteiger partial charge in [0.05, 0.1) is 12.1 Å². The van der Waals surface area contributed by atoms with Gasteiger partial charge in [0, 0.05) is 28.9 Å². The maximum Gasteiger partial charge on any atom is 0.254 e. The lowest BCUT2D eigenvalue weighted by atomic mass is 9.97. The average molecular weight is 421 g/mol. The van der Waals surface area contributed by atoms with E-state index in [-0.39, 0.29) is 29.4 Å². The molecule has 6 heteroatoms. The fourth-order valence-electron chi connectivity index (χ4n) is 2.95. The molecule has 0 fully saturated rings. The van der Waals surface area contributed by atoms with Gasteiger partial charge in [0.25, 0.3) is 5.91 Å². The van der Waals surface area contributed by atoms with Crippen LogP contribution in [0, 0.1) is 6.92 Å². The highest BCUT2D eigenvalue weighted by atomic mass is 35.5. The SMILES string of the molecule is Cc1ccc(NC(=O)CN(C)C(=O)c2ccccc2C(=O)c2ccc(Cl)cc2)cc1. The topological polar surface area (TPSA) is 66.5 Å². The minimum Gasteiger partial charge on any atom is -0.332 e. The molecule has 0 heterocycles. The molecule has 3 aromatic carbocycles. The van der Waals surface area contributed by atoms with Gasteiger partial charge in [-0.25, -0.2) is 0 Å². The molecule has 0 radical (unpaired) electrons. The summed E-state index contributed by atoms with van der Waals surface area (Å²) < 4.78 is 0. The highest BCUT2D eigenvalue weighted by Crippen LogP contribution is 2.18. The quantitative estimate of drug-likeness (QED) is 0.593. The number of amides is 2. The zero-order valence-corrected chi connectivity index (χ0v) is 17.4. The van der Waals surface area contributed by atoms with Gasteiger partial charge < -0.3 is 10.2 Å². The number of anilines is 1. The Balaban J connectivity index is 1.74. The number of aryl methyl sites for hydroxylation is 1. The van der Waals surface area contributed by atoms with Crippen molar-refractivity contribution >= 4 is 34.9 Å². The molecule has 0 aliphatic carbocycles. The lowest BCUT2D eigenvalue weighted by Gasteiger charge is -2.18. The molecule has 0 aliphatic heterocycles. The third kappa shape index (κ3) is 5.13. The summed E-state index contributed by atoms with van der Waals surface area (Å²) in [6.07, 6.45) is 0. The minimum atomic E-state index is -0.410. The van der Waals surface area contributed by atoms with E-state index in [4.69, 9.17) is 11.6 Å². The molecular formula is C24H21ClN2O3. The summed E-state index contributed by atoms with van der Waals surface area (Å²) in [4.78, 5) is 39.5. The van der Waals surface area contributed by atoms with Gasteiger partial charge in [0.2, 0.25) is 5.91 Å². The molecule has 30 heavy (non-hydrogen) atoms. The summed E-state index contributed by atoms with van der Waals surface area (Å²) in [5, 5.41) is 3.29. The summed E-state index contributed by atoms with van der Waals surface area (Å²) in [5.41, 5.74) is 2.69. The van der Waals surface area contributed by atoms with Gasteiger partial charge in [-0.15, -0.1) is 0 Å². The highest BCUT2D eigenvalue weighted by molar-refractivity contribution is 6.30. The van der Waals surface area contributed by atoms with Crippen LogP contribution in [0.25, 0.3) is 0 Å². The molecule has 5 nitrogen and oxygen atoms in total. The van der Waals surface area contributed by atoms with Gasteiger partial charge in [-0.3, -0.25) is 14.4 Å². The fraction of sp³-hybridized carbons (Fsp3) is 0.125. The summed E-state index contributed by atoms with van der Waals surface area (Å²) in [7, 11) is 1.53. The predicted octanol–water partition coefficient (Wildman–Crippen LogP) is 4.59. The number of ketones is 1. The first-order valence-electron chi connectivity index (χ1n) is 9.36. The molecule has 0 bridgehead atoms. The summed E-state index contributed by atoms with van der Waals surface area (Å²) >= 11 is 5.89. The molecule has 0 spiro atoms. The average Bonchev–Trinajstić information content (AvgIpc) is 2.75. The van der Waals surface area contributed by atoms with Crippen LogP contribution in [0.3, 0.4) is 0 Å². The van der Waals surface area contributed by atoms with Crippen molar-refractivity contribution in [3.63, 3.8) is 0 Å². The van der Waals surface area contributed by atoms with Crippen molar-refractivity contribution in [1.29, 1.82) is 0 Å². The van der Waals surface area contributed by atoms with Crippen LogP contribution < -0.4 is 5.32 Å². The van der Waals surface area contributed by atoms with Crippen LogP contribution in [0.4, 0.5) is 5.69 Å². The zero-order valence-electron chi connectivity index (χ0n) is 16.7. The number of hydrogen-bond acceptors (Lipinski definition) is 3. The lowest BCUT2D eigenvalue weighted by molar-refractivity contribution is -0.116. The van der Waals surface area contributed by atoms with Crippen molar-refractivity contribution in [3.05, 3.63) is 100 Å². The normalized spacial score (nSPS) is 10.4. The number of likely N-dealkylation sites (N-methyl/N-ethyl adjacent to an activating group) is 1. The first-order valence-corrected chi connectivity index (χ1v) is 9.74. The second-order valence-electron chi connectivity index (χ2n) is 6.96. The number of carbonyl (C=O) groups excluding carboxylic acids is 3.